The van der Waals surface area contributed by atoms with E-state index in [4.69, 9.17) is 30.5 Å². The molecule has 6 nitrogen and oxygen atoms in total. The Morgan fingerprint density at radius 1 is 0.833 bits per heavy atom. The van der Waals surface area contributed by atoms with Crippen molar-refractivity contribution >= 4 is 22.6 Å². The van der Waals surface area contributed by atoms with Gasteiger partial charge in [0.1, 0.15) is 5.82 Å². The monoisotopic (exact) mass is 348 g/mol. The first-order chi connectivity index (χ1) is 11.6. The number of aromatic nitrogens is 2. The molecule has 0 amide bonds. The lowest BCUT2D eigenvalue weighted by Gasteiger charge is -2.10. The maximum Gasteiger partial charge on any atom is 0.179 e. The van der Waals surface area contributed by atoms with E-state index in [-0.39, 0.29) is 0 Å². The molecule has 24 heavy (non-hydrogen) atoms. The van der Waals surface area contributed by atoms with E-state index in [0.29, 0.717) is 33.8 Å². The van der Waals surface area contributed by atoms with Gasteiger partial charge >= 0.3 is 0 Å². The summed E-state index contributed by atoms with van der Waals surface area (Å²) in [5, 5.41) is 0.447. The molecule has 126 valence electrons. The number of hydrogen-bond acceptors (Lipinski definition) is 5. The van der Waals surface area contributed by atoms with Crippen molar-refractivity contribution in [2.24, 2.45) is 0 Å². The minimum atomic E-state index is 0.447. The molecule has 1 N–H and O–H groups in total. The third kappa shape index (κ3) is 2.69. The van der Waals surface area contributed by atoms with Crippen LogP contribution in [0.15, 0.2) is 24.3 Å². The molecule has 0 aliphatic carbocycles. The molecule has 1 heterocycles. The van der Waals surface area contributed by atoms with Crippen LogP contribution in [0.5, 0.6) is 23.0 Å². The summed E-state index contributed by atoms with van der Waals surface area (Å²) in [6.45, 7) is 0. The summed E-state index contributed by atoms with van der Waals surface area (Å²) in [6.07, 6.45) is 0. The number of ether oxygens (including phenoxy) is 4. The van der Waals surface area contributed by atoms with Crippen LogP contribution < -0.4 is 18.9 Å². The first-order valence-corrected chi connectivity index (χ1v) is 7.52. The maximum atomic E-state index is 6.27. The molecule has 0 spiro atoms. The van der Waals surface area contributed by atoms with E-state index >= 15 is 0 Å². The van der Waals surface area contributed by atoms with Gasteiger partial charge in [-0.3, -0.25) is 0 Å². The van der Waals surface area contributed by atoms with Crippen LogP contribution in [0.1, 0.15) is 0 Å². The minimum Gasteiger partial charge on any atom is -0.493 e. The van der Waals surface area contributed by atoms with E-state index in [2.05, 4.69) is 9.97 Å². The third-order valence-electron chi connectivity index (χ3n) is 3.69. The van der Waals surface area contributed by atoms with E-state index in [9.17, 15) is 0 Å². The number of halogens is 1. The maximum absolute atomic E-state index is 6.27. The summed E-state index contributed by atoms with van der Waals surface area (Å²) < 4.78 is 21.2. The van der Waals surface area contributed by atoms with Crippen LogP contribution in [-0.2, 0) is 0 Å². The summed E-state index contributed by atoms with van der Waals surface area (Å²) in [6, 6.07) is 7.25. The fourth-order valence-electron chi connectivity index (χ4n) is 2.53. The lowest BCUT2D eigenvalue weighted by molar-refractivity contribution is 0.355. The second kappa shape index (κ2) is 6.49. The number of rotatable bonds is 5. The number of nitrogens with zero attached hydrogens (tertiary/aromatic N) is 1. The van der Waals surface area contributed by atoms with Crippen LogP contribution >= 0.6 is 11.6 Å². The fraction of sp³-hybridized carbons (Fsp3) is 0.235. The van der Waals surface area contributed by atoms with Gasteiger partial charge < -0.3 is 23.9 Å². The SMILES string of the molecule is COc1cc2nc(-c3cc(Cl)c(OC)c(OC)c3)[nH]c2cc1OC. The first kappa shape index (κ1) is 16.3. The largest absolute Gasteiger partial charge is 0.493 e. The molecular formula is C17H17ClN2O4. The fourth-order valence-corrected chi connectivity index (χ4v) is 2.82. The van der Waals surface area contributed by atoms with Crippen LogP contribution in [0, 0.1) is 0 Å². The van der Waals surface area contributed by atoms with E-state index in [1.807, 2.05) is 18.2 Å². The summed E-state index contributed by atoms with van der Waals surface area (Å²) in [7, 11) is 6.29. The molecular weight excluding hydrogens is 332 g/mol. The average Bonchev–Trinajstić information content (AvgIpc) is 3.02. The van der Waals surface area contributed by atoms with Gasteiger partial charge in [-0.15, -0.1) is 0 Å². The smallest absolute Gasteiger partial charge is 0.179 e. The summed E-state index contributed by atoms with van der Waals surface area (Å²) >= 11 is 6.27. The summed E-state index contributed by atoms with van der Waals surface area (Å²) in [4.78, 5) is 7.85. The van der Waals surface area contributed by atoms with Crippen LogP contribution in [0.3, 0.4) is 0 Å². The van der Waals surface area contributed by atoms with Crippen LogP contribution in [0.2, 0.25) is 5.02 Å². The predicted molar refractivity (Wildman–Crippen MR) is 92.7 cm³/mol. The van der Waals surface area contributed by atoms with Crippen molar-refractivity contribution < 1.29 is 18.9 Å². The van der Waals surface area contributed by atoms with Crippen LogP contribution in [-0.4, -0.2) is 38.4 Å². The highest BCUT2D eigenvalue weighted by Gasteiger charge is 2.15. The average molecular weight is 349 g/mol. The number of H-pyrrole nitrogens is 1. The zero-order valence-electron chi connectivity index (χ0n) is 13.8. The Morgan fingerprint density at radius 3 is 2.12 bits per heavy atom. The Labute approximate surface area is 144 Å². The van der Waals surface area contributed by atoms with Crippen molar-refractivity contribution in [3.8, 4) is 34.4 Å². The van der Waals surface area contributed by atoms with Gasteiger partial charge in [0.15, 0.2) is 23.0 Å². The molecule has 0 radical (unpaired) electrons. The highest BCUT2D eigenvalue weighted by Crippen LogP contribution is 2.39. The molecule has 0 unspecified atom stereocenters. The molecule has 0 bridgehead atoms. The zero-order chi connectivity index (χ0) is 17.3. The van der Waals surface area contributed by atoms with E-state index < -0.39 is 0 Å². The molecule has 0 fully saturated rings. The van der Waals surface area contributed by atoms with Gasteiger partial charge in [-0.25, -0.2) is 4.98 Å². The van der Waals surface area contributed by atoms with Crippen molar-refractivity contribution in [1.29, 1.82) is 0 Å². The Balaban J connectivity index is 2.14. The second-order valence-electron chi connectivity index (χ2n) is 5.00. The number of fused-ring (bicyclic) bond motifs is 1. The molecule has 7 heteroatoms. The predicted octanol–water partition coefficient (Wildman–Crippen LogP) is 3.92. The molecule has 3 aromatic rings. The molecule has 2 aromatic carbocycles. The lowest BCUT2D eigenvalue weighted by Crippen LogP contribution is -1.93. The molecule has 0 aliphatic rings. The standard InChI is InChI=1S/C17H17ClN2O4/c1-21-13-7-11-12(8-14(13)22-2)20-17(19-11)9-5-10(18)16(24-4)15(6-9)23-3/h5-8H,1-4H3,(H,19,20). The molecule has 0 saturated carbocycles. The van der Waals surface area contributed by atoms with Gasteiger partial charge in [0.2, 0.25) is 0 Å². The van der Waals surface area contributed by atoms with Crippen molar-refractivity contribution in [2.75, 3.05) is 28.4 Å². The Bertz CT molecular complexity index is 851. The molecule has 0 saturated heterocycles. The van der Waals surface area contributed by atoms with Gasteiger partial charge in [0, 0.05) is 17.7 Å². The Hall–Kier alpha value is -2.60. The van der Waals surface area contributed by atoms with Crippen molar-refractivity contribution in [3.63, 3.8) is 0 Å². The highest BCUT2D eigenvalue weighted by atomic mass is 35.5. The quantitative estimate of drug-likeness (QED) is 0.757. The number of imidazole rings is 1. The van der Waals surface area contributed by atoms with Crippen LogP contribution in [0.4, 0.5) is 0 Å². The zero-order valence-corrected chi connectivity index (χ0v) is 14.5. The summed E-state index contributed by atoms with van der Waals surface area (Å²) in [5.41, 5.74) is 2.37. The molecule has 0 atom stereocenters. The number of benzene rings is 2. The van der Waals surface area contributed by atoms with Gasteiger partial charge in [0.25, 0.3) is 0 Å². The molecule has 1 aromatic heterocycles. The van der Waals surface area contributed by atoms with E-state index in [0.717, 1.165) is 16.6 Å². The normalized spacial score (nSPS) is 10.7. The van der Waals surface area contributed by atoms with Gasteiger partial charge in [0.05, 0.1) is 44.5 Å². The van der Waals surface area contributed by atoms with Gasteiger partial charge in [-0.1, -0.05) is 11.6 Å². The third-order valence-corrected chi connectivity index (χ3v) is 3.97. The van der Waals surface area contributed by atoms with Crippen molar-refractivity contribution in [2.45, 2.75) is 0 Å². The van der Waals surface area contributed by atoms with Gasteiger partial charge in [-0.2, -0.15) is 0 Å². The summed E-state index contributed by atoms with van der Waals surface area (Å²) in [5.74, 6) is 2.93. The van der Waals surface area contributed by atoms with Crippen molar-refractivity contribution in [3.05, 3.63) is 29.3 Å². The topological polar surface area (TPSA) is 65.6 Å². The number of nitrogens with one attached hydrogen (secondary N) is 1. The van der Waals surface area contributed by atoms with Crippen molar-refractivity contribution in [1.82, 2.24) is 9.97 Å². The van der Waals surface area contributed by atoms with Gasteiger partial charge in [-0.05, 0) is 12.1 Å². The van der Waals surface area contributed by atoms with Crippen LogP contribution in [0.25, 0.3) is 22.4 Å². The highest BCUT2D eigenvalue weighted by molar-refractivity contribution is 6.32. The van der Waals surface area contributed by atoms with E-state index in [1.54, 1.807) is 34.5 Å². The number of hydrogen-bond donors (Lipinski definition) is 1. The number of methoxy groups -OCH3 is 4. The first-order valence-electron chi connectivity index (χ1n) is 7.15. The molecule has 0 aliphatic heterocycles. The Kier molecular flexibility index (Phi) is 4.40. The number of aromatic amines is 1. The van der Waals surface area contributed by atoms with E-state index in [1.165, 1.54) is 0 Å². The lowest BCUT2D eigenvalue weighted by atomic mass is 10.2. The second-order valence-corrected chi connectivity index (χ2v) is 5.41. The molecule has 3 rings (SSSR count). The minimum absolute atomic E-state index is 0.447. The Morgan fingerprint density at radius 2 is 1.50 bits per heavy atom.